The van der Waals surface area contributed by atoms with Gasteiger partial charge in [0, 0.05) is 22.5 Å². The minimum atomic E-state index is -3.22. The second-order valence-corrected chi connectivity index (χ2v) is 5.79. The summed E-state index contributed by atoms with van der Waals surface area (Å²) in [4.78, 5) is 20.9. The minimum absolute atomic E-state index is 0.0344. The van der Waals surface area contributed by atoms with E-state index in [1.54, 1.807) is 12.1 Å². The van der Waals surface area contributed by atoms with Gasteiger partial charge in [0.05, 0.1) is 23.7 Å². The Hall–Kier alpha value is -2.62. The van der Waals surface area contributed by atoms with Gasteiger partial charge in [-0.3, -0.25) is 10.1 Å². The first-order valence-corrected chi connectivity index (χ1v) is 7.92. The van der Waals surface area contributed by atoms with Crippen LogP contribution in [-0.4, -0.2) is 23.9 Å². The van der Waals surface area contributed by atoms with Crippen LogP contribution in [0.1, 0.15) is 5.56 Å². The van der Waals surface area contributed by atoms with Gasteiger partial charge in [-0.2, -0.15) is 8.78 Å². The van der Waals surface area contributed by atoms with Gasteiger partial charge in [-0.15, -0.1) is 0 Å². The number of nitrogens with zero attached hydrogens (tertiary/aromatic N) is 1. The highest BCUT2D eigenvalue weighted by molar-refractivity contribution is 9.10. The SMILES string of the molecule is O=C(OCCc1c(Br)cccc1Oc1cc(F)cc([N+](=O)[O-])c1)C(F)F. The van der Waals surface area contributed by atoms with Gasteiger partial charge < -0.3 is 9.47 Å². The predicted molar refractivity (Wildman–Crippen MR) is 87.9 cm³/mol. The number of esters is 1. The predicted octanol–water partition coefficient (Wildman–Crippen LogP) is 4.64. The van der Waals surface area contributed by atoms with Crippen molar-refractivity contribution in [3.63, 3.8) is 0 Å². The number of carbonyl (C=O) groups excluding carboxylic acids is 1. The Bertz CT molecular complexity index is 832. The van der Waals surface area contributed by atoms with Crippen molar-refractivity contribution in [2.24, 2.45) is 0 Å². The third-order valence-electron chi connectivity index (χ3n) is 3.15. The number of alkyl halides is 2. The largest absolute Gasteiger partial charge is 0.461 e. The molecule has 0 saturated carbocycles. The Balaban J connectivity index is 2.21. The fourth-order valence-corrected chi connectivity index (χ4v) is 2.58. The lowest BCUT2D eigenvalue weighted by atomic mass is 10.1. The minimum Gasteiger partial charge on any atom is -0.461 e. The number of halogens is 4. The summed E-state index contributed by atoms with van der Waals surface area (Å²) in [6.45, 7) is -0.328. The van der Waals surface area contributed by atoms with Crippen LogP contribution in [0.15, 0.2) is 40.9 Å². The van der Waals surface area contributed by atoms with Crippen LogP contribution >= 0.6 is 15.9 Å². The fraction of sp³-hybridized carbons (Fsp3) is 0.188. The monoisotopic (exact) mass is 433 g/mol. The van der Waals surface area contributed by atoms with Gasteiger partial charge in [0.2, 0.25) is 0 Å². The normalized spacial score (nSPS) is 10.7. The van der Waals surface area contributed by atoms with Crippen molar-refractivity contribution in [1.29, 1.82) is 0 Å². The number of hydrogen-bond donors (Lipinski definition) is 0. The van der Waals surface area contributed by atoms with Gasteiger partial charge in [-0.1, -0.05) is 22.0 Å². The van der Waals surface area contributed by atoms with Crippen molar-refractivity contribution < 1.29 is 32.4 Å². The van der Waals surface area contributed by atoms with Crippen molar-refractivity contribution in [2.75, 3.05) is 6.61 Å². The van der Waals surface area contributed by atoms with Crippen LogP contribution in [0.5, 0.6) is 11.5 Å². The van der Waals surface area contributed by atoms with E-state index in [4.69, 9.17) is 4.74 Å². The molecule has 0 fully saturated rings. The first-order chi connectivity index (χ1) is 12.3. The Kier molecular flexibility index (Phi) is 6.56. The quantitative estimate of drug-likeness (QED) is 0.361. The zero-order valence-corrected chi connectivity index (χ0v) is 14.5. The molecule has 2 rings (SSSR count). The number of nitro groups is 1. The molecule has 0 aliphatic carbocycles. The maximum atomic E-state index is 13.5. The lowest BCUT2D eigenvalue weighted by Gasteiger charge is -2.13. The molecule has 6 nitrogen and oxygen atoms in total. The Morgan fingerprint density at radius 3 is 2.65 bits per heavy atom. The first kappa shape index (κ1) is 19.7. The van der Waals surface area contributed by atoms with E-state index in [0.717, 1.165) is 18.2 Å². The summed E-state index contributed by atoms with van der Waals surface area (Å²) in [6, 6.07) is 7.51. The summed E-state index contributed by atoms with van der Waals surface area (Å²) < 4.78 is 48.3. The number of rotatable bonds is 7. The fourth-order valence-electron chi connectivity index (χ4n) is 2.03. The number of benzene rings is 2. The first-order valence-electron chi connectivity index (χ1n) is 7.13. The van der Waals surface area contributed by atoms with Gasteiger partial charge in [0.15, 0.2) is 0 Å². The van der Waals surface area contributed by atoms with Gasteiger partial charge in [0.25, 0.3) is 5.69 Å². The van der Waals surface area contributed by atoms with Gasteiger partial charge in [0.1, 0.15) is 17.3 Å². The van der Waals surface area contributed by atoms with E-state index in [0.29, 0.717) is 10.0 Å². The van der Waals surface area contributed by atoms with E-state index in [-0.39, 0.29) is 24.5 Å². The van der Waals surface area contributed by atoms with Crippen LogP contribution in [0, 0.1) is 15.9 Å². The number of hydrogen-bond acceptors (Lipinski definition) is 5. The molecular weight excluding hydrogens is 423 g/mol. The molecule has 0 amide bonds. The molecule has 0 heterocycles. The zero-order chi connectivity index (χ0) is 19.3. The van der Waals surface area contributed by atoms with Crippen molar-refractivity contribution >= 4 is 27.6 Å². The van der Waals surface area contributed by atoms with Gasteiger partial charge in [-0.05, 0) is 12.1 Å². The molecule has 0 unspecified atom stereocenters. The molecular formula is C16H11BrF3NO5. The van der Waals surface area contributed by atoms with Crippen LogP contribution in [0.4, 0.5) is 18.9 Å². The smallest absolute Gasteiger partial charge is 0.373 e. The van der Waals surface area contributed by atoms with E-state index in [1.807, 2.05) is 0 Å². The molecule has 0 radical (unpaired) electrons. The number of nitro benzene ring substituents is 1. The second kappa shape index (κ2) is 8.65. The molecule has 0 aliphatic rings. The van der Waals surface area contributed by atoms with Crippen LogP contribution in [-0.2, 0) is 16.0 Å². The second-order valence-electron chi connectivity index (χ2n) is 4.94. The summed E-state index contributed by atoms with van der Waals surface area (Å²) in [5, 5.41) is 10.8. The van der Waals surface area contributed by atoms with Crippen molar-refractivity contribution in [3.05, 3.63) is 62.4 Å². The molecule has 2 aromatic carbocycles. The summed E-state index contributed by atoms with van der Waals surface area (Å²) >= 11 is 3.26. The maximum Gasteiger partial charge on any atom is 0.373 e. The highest BCUT2D eigenvalue weighted by Gasteiger charge is 2.18. The van der Waals surface area contributed by atoms with Crippen LogP contribution in [0.2, 0.25) is 0 Å². The third-order valence-corrected chi connectivity index (χ3v) is 3.89. The lowest BCUT2D eigenvalue weighted by Crippen LogP contribution is -2.16. The molecule has 0 saturated heterocycles. The average Bonchev–Trinajstić information content (AvgIpc) is 2.56. The van der Waals surface area contributed by atoms with E-state index < -0.39 is 28.8 Å². The van der Waals surface area contributed by atoms with Crippen LogP contribution in [0.3, 0.4) is 0 Å². The van der Waals surface area contributed by atoms with Crippen molar-refractivity contribution in [3.8, 4) is 11.5 Å². The molecule has 0 aromatic heterocycles. The van der Waals surface area contributed by atoms with E-state index in [1.165, 1.54) is 6.07 Å². The topological polar surface area (TPSA) is 78.7 Å². The maximum absolute atomic E-state index is 13.5. The molecule has 26 heavy (non-hydrogen) atoms. The van der Waals surface area contributed by atoms with Crippen molar-refractivity contribution in [2.45, 2.75) is 12.8 Å². The molecule has 0 bridgehead atoms. The van der Waals surface area contributed by atoms with E-state index >= 15 is 0 Å². The van der Waals surface area contributed by atoms with Gasteiger partial charge in [-0.25, -0.2) is 9.18 Å². The molecule has 0 aliphatic heterocycles. The number of carbonyl (C=O) groups is 1. The molecule has 138 valence electrons. The number of ether oxygens (including phenoxy) is 2. The standard InChI is InChI=1S/C16H11BrF3NO5/c17-13-2-1-3-14(12(13)4-5-25-16(22)15(19)20)26-11-7-9(18)6-10(8-11)21(23)24/h1-3,6-8,15H,4-5H2. The summed E-state index contributed by atoms with van der Waals surface area (Å²) in [5.41, 5.74) is -0.0242. The summed E-state index contributed by atoms with van der Waals surface area (Å²) in [6.07, 6.45) is -3.19. The summed E-state index contributed by atoms with van der Waals surface area (Å²) in [7, 11) is 0. The Morgan fingerprint density at radius 1 is 1.27 bits per heavy atom. The molecule has 0 N–H and O–H groups in total. The third kappa shape index (κ3) is 5.19. The highest BCUT2D eigenvalue weighted by Crippen LogP contribution is 2.33. The summed E-state index contributed by atoms with van der Waals surface area (Å²) in [5.74, 6) is -2.40. The lowest BCUT2D eigenvalue weighted by molar-refractivity contribution is -0.385. The van der Waals surface area contributed by atoms with Crippen molar-refractivity contribution in [1.82, 2.24) is 0 Å². The molecule has 10 heteroatoms. The number of non-ortho nitro benzene ring substituents is 1. The van der Waals surface area contributed by atoms with Crippen LogP contribution in [0.25, 0.3) is 0 Å². The molecule has 2 aromatic rings. The highest BCUT2D eigenvalue weighted by atomic mass is 79.9. The average molecular weight is 434 g/mol. The molecule has 0 spiro atoms. The van der Waals surface area contributed by atoms with E-state index in [9.17, 15) is 28.1 Å². The Labute approximate surface area is 153 Å². The van der Waals surface area contributed by atoms with Gasteiger partial charge >= 0.3 is 12.4 Å². The Morgan fingerprint density at radius 2 is 2.00 bits per heavy atom. The van der Waals surface area contributed by atoms with Crippen LogP contribution < -0.4 is 4.74 Å². The zero-order valence-electron chi connectivity index (χ0n) is 13.0. The molecule has 0 atom stereocenters. The van der Waals surface area contributed by atoms with E-state index in [2.05, 4.69) is 20.7 Å².